The first-order chi connectivity index (χ1) is 14.2. The Morgan fingerprint density at radius 2 is 1.66 bits per heavy atom. The quantitative estimate of drug-likeness (QED) is 0.637. The van der Waals surface area contributed by atoms with Crippen molar-refractivity contribution in [2.45, 2.75) is 13.0 Å². The second-order valence-electron chi connectivity index (χ2n) is 7.18. The predicted octanol–water partition coefficient (Wildman–Crippen LogP) is 2.18. The van der Waals surface area contributed by atoms with Crippen molar-refractivity contribution in [2.75, 3.05) is 44.7 Å². The van der Waals surface area contributed by atoms with E-state index >= 15 is 0 Å². The van der Waals surface area contributed by atoms with E-state index in [1.165, 1.54) is 4.57 Å². The highest BCUT2D eigenvalue weighted by Gasteiger charge is 2.19. The molecule has 3 aromatic rings. The number of ether oxygens (including phenoxy) is 1. The predicted molar refractivity (Wildman–Crippen MR) is 113 cm³/mol. The summed E-state index contributed by atoms with van der Waals surface area (Å²) < 4.78 is 11.9. The van der Waals surface area contributed by atoms with Gasteiger partial charge in [-0.1, -0.05) is 24.3 Å². The molecule has 4 rings (SSSR count). The number of para-hydroxylation sites is 3. The molecule has 2 aromatic carbocycles. The first kappa shape index (κ1) is 19.3. The van der Waals surface area contributed by atoms with E-state index in [2.05, 4.69) is 15.9 Å². The van der Waals surface area contributed by atoms with Gasteiger partial charge in [-0.3, -0.25) is 9.69 Å². The van der Waals surface area contributed by atoms with Gasteiger partial charge in [0.2, 0.25) is 0 Å². The molecule has 0 bridgehead atoms. The summed E-state index contributed by atoms with van der Waals surface area (Å²) in [7, 11) is 1.69. The van der Waals surface area contributed by atoms with Crippen molar-refractivity contribution in [1.82, 2.24) is 9.47 Å². The normalized spacial score (nSPS) is 15.0. The number of rotatable bonds is 6. The number of aromatic nitrogens is 1. The zero-order valence-corrected chi connectivity index (χ0v) is 16.5. The Balaban J connectivity index is 1.34. The Labute approximate surface area is 168 Å². The van der Waals surface area contributed by atoms with Crippen molar-refractivity contribution in [2.24, 2.45) is 0 Å². The van der Waals surface area contributed by atoms with Crippen LogP contribution in [0.1, 0.15) is 6.42 Å². The van der Waals surface area contributed by atoms with Crippen LogP contribution in [0.3, 0.4) is 0 Å². The lowest BCUT2D eigenvalue weighted by Crippen LogP contribution is -2.47. The largest absolute Gasteiger partial charge is 0.495 e. The van der Waals surface area contributed by atoms with Crippen LogP contribution in [0.4, 0.5) is 5.69 Å². The van der Waals surface area contributed by atoms with Gasteiger partial charge in [-0.25, -0.2) is 9.36 Å². The van der Waals surface area contributed by atoms with E-state index in [1.807, 2.05) is 18.2 Å². The molecule has 152 valence electrons. The number of benzene rings is 2. The summed E-state index contributed by atoms with van der Waals surface area (Å²) in [5, 5.41) is 0.442. The van der Waals surface area contributed by atoms with Crippen molar-refractivity contribution in [3.05, 3.63) is 69.4 Å². The van der Waals surface area contributed by atoms with Crippen LogP contribution < -0.4 is 21.0 Å². The van der Waals surface area contributed by atoms with Gasteiger partial charge in [-0.15, -0.1) is 0 Å². The summed E-state index contributed by atoms with van der Waals surface area (Å²) in [4.78, 5) is 29.4. The maximum absolute atomic E-state index is 12.6. The highest BCUT2D eigenvalue weighted by molar-refractivity contribution is 5.74. The van der Waals surface area contributed by atoms with Crippen molar-refractivity contribution in [1.29, 1.82) is 0 Å². The van der Waals surface area contributed by atoms with Gasteiger partial charge in [-0.2, -0.15) is 0 Å². The van der Waals surface area contributed by atoms with E-state index in [1.54, 1.807) is 31.4 Å². The van der Waals surface area contributed by atoms with Crippen LogP contribution in [0.15, 0.2) is 62.5 Å². The van der Waals surface area contributed by atoms with E-state index < -0.39 is 5.76 Å². The van der Waals surface area contributed by atoms with E-state index in [-0.39, 0.29) is 5.56 Å². The Morgan fingerprint density at radius 1 is 0.931 bits per heavy atom. The van der Waals surface area contributed by atoms with Crippen LogP contribution in [0.2, 0.25) is 0 Å². The van der Waals surface area contributed by atoms with Crippen LogP contribution in [0.25, 0.3) is 11.0 Å². The molecule has 0 atom stereocenters. The lowest BCUT2D eigenvalue weighted by atomic mass is 10.2. The molecule has 1 aromatic heterocycles. The Kier molecular flexibility index (Phi) is 5.67. The lowest BCUT2D eigenvalue weighted by molar-refractivity contribution is 0.247. The summed E-state index contributed by atoms with van der Waals surface area (Å²) in [6, 6.07) is 14.9. The fourth-order valence-corrected chi connectivity index (χ4v) is 3.86. The summed E-state index contributed by atoms with van der Waals surface area (Å²) in [6.07, 6.45) is 0.720. The van der Waals surface area contributed by atoms with Gasteiger partial charge in [0.05, 0.1) is 18.2 Å². The van der Waals surface area contributed by atoms with Crippen LogP contribution in [-0.2, 0) is 6.54 Å². The summed E-state index contributed by atoms with van der Waals surface area (Å²) in [6.45, 7) is 4.88. The van der Waals surface area contributed by atoms with Crippen molar-refractivity contribution in [3.8, 4) is 5.75 Å². The Morgan fingerprint density at radius 3 is 2.45 bits per heavy atom. The third-order valence-electron chi connectivity index (χ3n) is 5.43. The number of piperazine rings is 1. The molecule has 1 fully saturated rings. The molecule has 2 heterocycles. The molecule has 7 heteroatoms. The molecule has 29 heavy (non-hydrogen) atoms. The third-order valence-corrected chi connectivity index (χ3v) is 5.43. The number of fused-ring (bicyclic) bond motifs is 1. The highest BCUT2D eigenvalue weighted by atomic mass is 16.5. The van der Waals surface area contributed by atoms with Gasteiger partial charge in [0.15, 0.2) is 0 Å². The van der Waals surface area contributed by atoms with Gasteiger partial charge < -0.3 is 14.1 Å². The molecule has 0 radical (unpaired) electrons. The van der Waals surface area contributed by atoms with E-state index in [9.17, 15) is 9.59 Å². The van der Waals surface area contributed by atoms with Crippen molar-refractivity contribution < 1.29 is 9.15 Å². The van der Waals surface area contributed by atoms with Crippen LogP contribution in [0.5, 0.6) is 5.75 Å². The SMILES string of the molecule is COc1ccccc1N1CCN(CCCn2c(=O)oc3ccccc3c2=O)CC1. The molecule has 0 spiro atoms. The number of anilines is 1. The summed E-state index contributed by atoms with van der Waals surface area (Å²) >= 11 is 0. The fourth-order valence-electron chi connectivity index (χ4n) is 3.86. The van der Waals surface area contributed by atoms with Crippen molar-refractivity contribution >= 4 is 16.7 Å². The highest BCUT2D eigenvalue weighted by Crippen LogP contribution is 2.28. The molecule has 1 saturated heterocycles. The first-order valence-electron chi connectivity index (χ1n) is 9.90. The average Bonchev–Trinajstić information content (AvgIpc) is 2.76. The second kappa shape index (κ2) is 8.53. The van der Waals surface area contributed by atoms with Crippen LogP contribution in [0, 0.1) is 0 Å². The fraction of sp³-hybridized carbons (Fsp3) is 0.364. The molecule has 0 amide bonds. The number of hydrogen-bond donors (Lipinski definition) is 0. The molecule has 0 N–H and O–H groups in total. The smallest absolute Gasteiger partial charge is 0.422 e. The van der Waals surface area contributed by atoms with Gasteiger partial charge in [0, 0.05) is 32.7 Å². The minimum atomic E-state index is -0.588. The monoisotopic (exact) mass is 395 g/mol. The first-order valence-corrected chi connectivity index (χ1v) is 9.90. The molecular formula is C22H25N3O4. The van der Waals surface area contributed by atoms with E-state index in [4.69, 9.17) is 9.15 Å². The molecule has 0 aliphatic carbocycles. The van der Waals surface area contributed by atoms with Gasteiger partial charge in [-0.05, 0) is 37.2 Å². The standard InChI is InChI=1S/C22H25N3O4/c1-28-20-10-5-3-8-18(20)24-15-13-23(14-16-24)11-6-12-25-21(26)17-7-2-4-9-19(17)29-22(25)27/h2-5,7-10H,6,11-16H2,1H3. The molecule has 0 unspecified atom stereocenters. The van der Waals surface area contributed by atoms with Gasteiger partial charge in [0.25, 0.3) is 5.56 Å². The van der Waals surface area contributed by atoms with E-state index in [0.717, 1.165) is 50.6 Å². The van der Waals surface area contributed by atoms with Crippen molar-refractivity contribution in [3.63, 3.8) is 0 Å². The third kappa shape index (κ3) is 4.05. The molecule has 7 nitrogen and oxygen atoms in total. The minimum Gasteiger partial charge on any atom is -0.495 e. The zero-order chi connectivity index (χ0) is 20.2. The summed E-state index contributed by atoms with van der Waals surface area (Å²) in [5.41, 5.74) is 1.18. The molecule has 1 aliphatic heterocycles. The molecular weight excluding hydrogens is 370 g/mol. The maximum Gasteiger partial charge on any atom is 0.422 e. The molecule has 1 aliphatic rings. The minimum absolute atomic E-state index is 0.280. The average molecular weight is 395 g/mol. The number of nitrogens with zero attached hydrogens (tertiary/aromatic N) is 3. The number of hydrogen-bond acceptors (Lipinski definition) is 6. The Hall–Kier alpha value is -3.06. The second-order valence-corrected chi connectivity index (χ2v) is 7.18. The molecule has 0 saturated carbocycles. The van der Waals surface area contributed by atoms with E-state index in [0.29, 0.717) is 17.5 Å². The van der Waals surface area contributed by atoms with Crippen LogP contribution >= 0.6 is 0 Å². The zero-order valence-electron chi connectivity index (χ0n) is 16.5. The van der Waals surface area contributed by atoms with Gasteiger partial charge in [0.1, 0.15) is 11.3 Å². The topological polar surface area (TPSA) is 67.9 Å². The van der Waals surface area contributed by atoms with Crippen LogP contribution in [-0.4, -0.2) is 49.3 Å². The maximum atomic E-state index is 12.6. The Bertz CT molecular complexity index is 1100. The lowest BCUT2D eigenvalue weighted by Gasteiger charge is -2.36. The van der Waals surface area contributed by atoms with Gasteiger partial charge >= 0.3 is 5.76 Å². The summed E-state index contributed by atoms with van der Waals surface area (Å²) in [5.74, 6) is 0.304. The number of methoxy groups -OCH3 is 1.